The lowest BCUT2D eigenvalue weighted by atomic mass is 9.94. The minimum atomic E-state index is -3.80. The fourth-order valence-electron chi connectivity index (χ4n) is 4.27. The molecule has 0 N–H and O–H groups in total. The maximum atomic E-state index is 13.9. The van der Waals surface area contributed by atoms with Gasteiger partial charge >= 0.3 is 0 Å². The average molecular weight is 441 g/mol. The first-order chi connectivity index (χ1) is 14.7. The summed E-state index contributed by atoms with van der Waals surface area (Å²) in [6.45, 7) is 13.5. The third-order valence-electron chi connectivity index (χ3n) is 6.27. The summed E-state index contributed by atoms with van der Waals surface area (Å²) in [5, 5.41) is 0. The molecule has 0 unspecified atom stereocenters. The van der Waals surface area contributed by atoms with Crippen molar-refractivity contribution >= 4 is 18.2 Å². The van der Waals surface area contributed by atoms with Crippen LogP contribution in [0.3, 0.4) is 0 Å². The quantitative estimate of drug-likeness (QED) is 0.373. The Balaban J connectivity index is 2.68. The summed E-state index contributed by atoms with van der Waals surface area (Å²) in [7, 11) is -3.80. The SMILES string of the molecule is CCc1cc(CC)c(C(=O)P(C)(=O)C(=O)c2c(CC)cc(CC)cc2CC)c(CC)c1. The highest BCUT2D eigenvalue weighted by Crippen LogP contribution is 2.50. The lowest BCUT2D eigenvalue weighted by Gasteiger charge is -2.20. The fraction of sp³-hybridized carbons (Fsp3) is 0.481. The highest BCUT2D eigenvalue weighted by Gasteiger charge is 2.39. The van der Waals surface area contributed by atoms with Crippen LogP contribution in [0.2, 0.25) is 0 Å². The van der Waals surface area contributed by atoms with Crippen molar-refractivity contribution in [1.82, 2.24) is 0 Å². The van der Waals surface area contributed by atoms with Crippen molar-refractivity contribution in [2.24, 2.45) is 0 Å². The molecule has 0 aliphatic carbocycles. The van der Waals surface area contributed by atoms with Crippen LogP contribution in [0.4, 0.5) is 0 Å². The maximum Gasteiger partial charge on any atom is 0.229 e. The number of rotatable bonds is 10. The molecule has 2 aromatic carbocycles. The Morgan fingerprint density at radius 1 is 0.581 bits per heavy atom. The van der Waals surface area contributed by atoms with E-state index in [0.717, 1.165) is 35.1 Å². The maximum absolute atomic E-state index is 13.9. The van der Waals surface area contributed by atoms with Crippen LogP contribution in [0.5, 0.6) is 0 Å². The van der Waals surface area contributed by atoms with E-state index in [1.165, 1.54) is 17.8 Å². The van der Waals surface area contributed by atoms with E-state index in [1.807, 2.05) is 52.0 Å². The molecule has 0 saturated carbocycles. The van der Waals surface area contributed by atoms with Crippen LogP contribution in [-0.2, 0) is 43.1 Å². The summed E-state index contributed by atoms with van der Waals surface area (Å²) in [5.74, 6) is 0. The molecule has 0 radical (unpaired) electrons. The Hall–Kier alpha value is -1.99. The van der Waals surface area contributed by atoms with Crippen LogP contribution in [0, 0.1) is 0 Å². The molecule has 0 atom stereocenters. The van der Waals surface area contributed by atoms with Crippen molar-refractivity contribution in [3.05, 3.63) is 68.8 Å². The fourth-order valence-corrected chi connectivity index (χ4v) is 5.88. The molecule has 3 nitrogen and oxygen atoms in total. The van der Waals surface area contributed by atoms with Gasteiger partial charge in [0.1, 0.15) is 0 Å². The Morgan fingerprint density at radius 2 is 0.839 bits per heavy atom. The van der Waals surface area contributed by atoms with Gasteiger partial charge in [-0.2, -0.15) is 0 Å². The molecule has 2 aromatic rings. The van der Waals surface area contributed by atoms with E-state index in [1.54, 1.807) is 0 Å². The second-order valence-corrected chi connectivity index (χ2v) is 10.9. The molecule has 0 spiro atoms. The number of benzene rings is 2. The number of hydrogen-bond acceptors (Lipinski definition) is 3. The average Bonchev–Trinajstić information content (AvgIpc) is 2.80. The van der Waals surface area contributed by atoms with Gasteiger partial charge in [0, 0.05) is 17.8 Å². The van der Waals surface area contributed by atoms with Crippen molar-refractivity contribution < 1.29 is 14.2 Å². The summed E-state index contributed by atoms with van der Waals surface area (Å²) in [4.78, 5) is 27.4. The van der Waals surface area contributed by atoms with Crippen LogP contribution in [0.25, 0.3) is 0 Å². The van der Waals surface area contributed by atoms with Crippen molar-refractivity contribution in [3.63, 3.8) is 0 Å². The Bertz CT molecular complexity index is 903. The second kappa shape index (κ2) is 10.6. The predicted octanol–water partition coefficient (Wildman–Crippen LogP) is 7.03. The van der Waals surface area contributed by atoms with E-state index in [-0.39, 0.29) is 0 Å². The van der Waals surface area contributed by atoms with Gasteiger partial charge in [0.25, 0.3) is 0 Å². The first-order valence-corrected chi connectivity index (χ1v) is 13.8. The van der Waals surface area contributed by atoms with E-state index < -0.39 is 18.2 Å². The first-order valence-electron chi connectivity index (χ1n) is 11.7. The monoisotopic (exact) mass is 440 g/mol. The molecule has 0 aliphatic heterocycles. The highest BCUT2D eigenvalue weighted by atomic mass is 31.2. The molecular formula is C27H37O3P. The lowest BCUT2D eigenvalue weighted by Crippen LogP contribution is -2.17. The van der Waals surface area contributed by atoms with E-state index >= 15 is 0 Å². The van der Waals surface area contributed by atoms with Gasteiger partial charge < -0.3 is 4.57 Å². The minimum Gasteiger partial charge on any atom is -0.307 e. The summed E-state index contributed by atoms with van der Waals surface area (Å²) < 4.78 is 13.9. The topological polar surface area (TPSA) is 51.2 Å². The summed E-state index contributed by atoms with van der Waals surface area (Å²) in [6.07, 6.45) is 4.42. The third kappa shape index (κ3) is 4.93. The molecule has 0 aliphatic rings. The third-order valence-corrected chi connectivity index (χ3v) is 8.26. The molecule has 31 heavy (non-hydrogen) atoms. The van der Waals surface area contributed by atoms with Crippen LogP contribution in [0.1, 0.15) is 95.6 Å². The molecule has 0 fully saturated rings. The van der Waals surface area contributed by atoms with Gasteiger partial charge in [0.05, 0.1) is 0 Å². The smallest absolute Gasteiger partial charge is 0.229 e. The molecule has 0 bridgehead atoms. The van der Waals surface area contributed by atoms with Gasteiger partial charge in [-0.25, -0.2) is 0 Å². The molecule has 0 aromatic heterocycles. The normalized spacial score (nSPS) is 11.6. The molecule has 0 saturated heterocycles. The van der Waals surface area contributed by atoms with Gasteiger partial charge in [-0.3, -0.25) is 9.59 Å². The Kier molecular flexibility index (Phi) is 8.60. The van der Waals surface area contributed by atoms with Gasteiger partial charge in [0.15, 0.2) is 0 Å². The zero-order valence-corrected chi connectivity index (χ0v) is 21.1. The number of carbonyl (C=O) groups is 2. The number of carbonyl (C=O) groups excluding carboxylic acids is 2. The van der Waals surface area contributed by atoms with Crippen molar-refractivity contribution in [2.45, 2.75) is 80.1 Å². The summed E-state index contributed by atoms with van der Waals surface area (Å²) >= 11 is 0. The molecular weight excluding hydrogens is 403 g/mol. The zero-order chi connectivity index (χ0) is 23.3. The molecule has 0 amide bonds. The van der Waals surface area contributed by atoms with Crippen molar-refractivity contribution in [3.8, 4) is 0 Å². The van der Waals surface area contributed by atoms with Crippen molar-refractivity contribution in [2.75, 3.05) is 6.66 Å². The van der Waals surface area contributed by atoms with Gasteiger partial charge in [0.2, 0.25) is 18.2 Å². The molecule has 2 rings (SSSR count). The molecule has 4 heteroatoms. The van der Waals surface area contributed by atoms with Crippen LogP contribution < -0.4 is 0 Å². The predicted molar refractivity (Wildman–Crippen MR) is 131 cm³/mol. The van der Waals surface area contributed by atoms with Crippen LogP contribution >= 0.6 is 7.14 Å². The molecule has 168 valence electrons. The van der Waals surface area contributed by atoms with Gasteiger partial charge in [-0.1, -0.05) is 65.8 Å². The summed E-state index contributed by atoms with van der Waals surface area (Å²) in [5.41, 5.74) is 5.93. The van der Waals surface area contributed by atoms with E-state index in [4.69, 9.17) is 0 Å². The minimum absolute atomic E-state index is 0.488. The van der Waals surface area contributed by atoms with E-state index in [2.05, 4.69) is 13.8 Å². The van der Waals surface area contributed by atoms with E-state index in [0.29, 0.717) is 36.8 Å². The van der Waals surface area contributed by atoms with Gasteiger partial charge in [-0.15, -0.1) is 0 Å². The summed E-state index contributed by atoms with van der Waals surface area (Å²) in [6, 6.07) is 8.12. The Morgan fingerprint density at radius 3 is 1.03 bits per heavy atom. The number of hydrogen-bond donors (Lipinski definition) is 0. The van der Waals surface area contributed by atoms with Crippen molar-refractivity contribution in [1.29, 1.82) is 0 Å². The second-order valence-electron chi connectivity index (χ2n) is 8.23. The largest absolute Gasteiger partial charge is 0.307 e. The lowest BCUT2D eigenvalue weighted by molar-refractivity contribution is 0.103. The highest BCUT2D eigenvalue weighted by molar-refractivity contribution is 7.94. The standard InChI is InChI=1S/C27H37O3P/c1-8-18-14-20(10-3)24(21(11-4)15-18)26(28)31(7,30)27(29)25-22(12-5)16-19(9-2)17-23(25)13-6/h14-17H,8-13H2,1-7H3. The van der Waals surface area contributed by atoms with Crippen LogP contribution in [0.15, 0.2) is 24.3 Å². The molecule has 0 heterocycles. The Labute approximate surface area is 188 Å². The zero-order valence-electron chi connectivity index (χ0n) is 20.2. The first kappa shape index (κ1) is 25.3. The van der Waals surface area contributed by atoms with Gasteiger partial charge in [-0.05, 0) is 71.9 Å². The van der Waals surface area contributed by atoms with Crippen LogP contribution in [-0.4, -0.2) is 17.7 Å². The number of aryl methyl sites for hydroxylation is 6. The van der Waals surface area contributed by atoms with E-state index in [9.17, 15) is 14.2 Å².